The van der Waals surface area contributed by atoms with Gasteiger partial charge in [0, 0.05) is 35.8 Å². The Labute approximate surface area is 170 Å². The summed E-state index contributed by atoms with van der Waals surface area (Å²) in [4.78, 5) is 18.6. The normalized spacial score (nSPS) is 28.9. The molecule has 1 N–H and O–H groups in total. The lowest BCUT2D eigenvalue weighted by molar-refractivity contribution is -0.161. The summed E-state index contributed by atoms with van der Waals surface area (Å²) < 4.78 is 21.8. The molecule has 0 spiro atoms. The zero-order valence-electron chi connectivity index (χ0n) is 17.2. The number of nitrogens with zero attached hydrogens (tertiary/aromatic N) is 1. The van der Waals surface area contributed by atoms with Crippen LogP contribution in [0.1, 0.15) is 23.7 Å². The van der Waals surface area contributed by atoms with Crippen molar-refractivity contribution in [3.63, 3.8) is 0 Å². The topological polar surface area (TPSA) is 73.0 Å². The van der Waals surface area contributed by atoms with E-state index in [2.05, 4.69) is 16.0 Å². The summed E-state index contributed by atoms with van der Waals surface area (Å²) in [7, 11) is 4.80. The first kappa shape index (κ1) is 18.8. The number of carbonyl (C=O) groups excluding carboxylic acids is 1. The number of hydrogen-bond acceptors (Lipinski definition) is 6. The quantitative estimate of drug-likeness (QED) is 0.799. The van der Waals surface area contributed by atoms with E-state index < -0.39 is 0 Å². The van der Waals surface area contributed by atoms with Crippen LogP contribution in [0.5, 0.6) is 11.5 Å². The number of ether oxygens (including phenoxy) is 4. The summed E-state index contributed by atoms with van der Waals surface area (Å²) in [5.41, 5.74) is 3.71. The minimum Gasteiger partial charge on any atom is -0.493 e. The third kappa shape index (κ3) is 2.90. The lowest BCUT2D eigenvalue weighted by Gasteiger charge is -2.49. The van der Waals surface area contributed by atoms with Crippen LogP contribution < -0.4 is 9.47 Å². The Balaban J connectivity index is 1.53. The van der Waals surface area contributed by atoms with Gasteiger partial charge >= 0.3 is 5.97 Å². The molecule has 7 nitrogen and oxygen atoms in total. The molecule has 0 radical (unpaired) electrons. The molecule has 0 saturated carbocycles. The second-order valence-corrected chi connectivity index (χ2v) is 8.36. The van der Waals surface area contributed by atoms with Crippen LogP contribution in [0.3, 0.4) is 0 Å². The third-order valence-electron chi connectivity index (χ3n) is 7.09. The Hall–Kier alpha value is -2.25. The molecule has 4 unspecified atom stereocenters. The fourth-order valence-electron chi connectivity index (χ4n) is 5.65. The minimum absolute atomic E-state index is 0.143. The molecule has 4 atom stereocenters. The Morgan fingerprint density at radius 2 is 1.97 bits per heavy atom. The van der Waals surface area contributed by atoms with Gasteiger partial charge in [-0.25, -0.2) is 0 Å². The number of benzene rings is 1. The highest BCUT2D eigenvalue weighted by Gasteiger charge is 2.47. The number of fused-ring (bicyclic) bond motifs is 6. The maximum Gasteiger partial charge on any atom is 0.311 e. The number of hydrogen-bond donors (Lipinski definition) is 1. The largest absolute Gasteiger partial charge is 0.493 e. The van der Waals surface area contributed by atoms with Crippen molar-refractivity contribution in [2.24, 2.45) is 17.8 Å². The lowest BCUT2D eigenvalue weighted by Crippen LogP contribution is -2.53. The van der Waals surface area contributed by atoms with Gasteiger partial charge in [0.05, 0.1) is 46.5 Å². The highest BCUT2D eigenvalue weighted by molar-refractivity contribution is 5.88. The Bertz CT molecular complexity index is 939. The zero-order valence-corrected chi connectivity index (χ0v) is 17.2. The second-order valence-electron chi connectivity index (χ2n) is 8.36. The molecule has 7 heteroatoms. The molecule has 0 amide bonds. The number of nitrogens with one attached hydrogen (secondary N) is 1. The average molecular weight is 400 g/mol. The maximum absolute atomic E-state index is 12.4. The van der Waals surface area contributed by atoms with Gasteiger partial charge in [0.2, 0.25) is 0 Å². The number of aromatic amines is 1. The molecule has 3 aliphatic rings. The van der Waals surface area contributed by atoms with Gasteiger partial charge in [-0.1, -0.05) is 0 Å². The molecule has 1 aromatic carbocycles. The predicted octanol–water partition coefficient (Wildman–Crippen LogP) is 2.54. The van der Waals surface area contributed by atoms with E-state index in [1.165, 1.54) is 23.8 Å². The summed E-state index contributed by atoms with van der Waals surface area (Å²) in [6, 6.07) is 4.39. The van der Waals surface area contributed by atoms with Crippen LogP contribution >= 0.6 is 0 Å². The monoisotopic (exact) mass is 400 g/mol. The highest BCUT2D eigenvalue weighted by Crippen LogP contribution is 2.47. The van der Waals surface area contributed by atoms with Gasteiger partial charge in [0.15, 0.2) is 11.5 Å². The van der Waals surface area contributed by atoms with Crippen molar-refractivity contribution in [3.8, 4) is 11.5 Å². The van der Waals surface area contributed by atoms with Gasteiger partial charge < -0.3 is 23.9 Å². The van der Waals surface area contributed by atoms with Crippen molar-refractivity contribution in [3.05, 3.63) is 23.4 Å². The van der Waals surface area contributed by atoms with Crippen LogP contribution in [0.4, 0.5) is 0 Å². The second kappa shape index (κ2) is 7.22. The van der Waals surface area contributed by atoms with Gasteiger partial charge in [-0.15, -0.1) is 0 Å². The number of carbonyl (C=O) groups is 1. The summed E-state index contributed by atoms with van der Waals surface area (Å²) in [5.74, 6) is 1.85. The molecule has 2 fully saturated rings. The van der Waals surface area contributed by atoms with Gasteiger partial charge in [-0.2, -0.15) is 0 Å². The molecular formula is C22H28N2O5. The number of esters is 1. The van der Waals surface area contributed by atoms with E-state index in [1.807, 2.05) is 6.07 Å². The molecule has 2 aromatic rings. The molecule has 4 heterocycles. The smallest absolute Gasteiger partial charge is 0.311 e. The number of aromatic nitrogens is 1. The highest BCUT2D eigenvalue weighted by atomic mass is 16.5. The number of H-pyrrole nitrogens is 1. The zero-order chi connectivity index (χ0) is 20.1. The van der Waals surface area contributed by atoms with Crippen molar-refractivity contribution in [1.82, 2.24) is 9.88 Å². The molecule has 1 aromatic heterocycles. The fourth-order valence-corrected chi connectivity index (χ4v) is 5.65. The molecule has 0 bridgehead atoms. The predicted molar refractivity (Wildman–Crippen MR) is 107 cm³/mol. The van der Waals surface area contributed by atoms with Gasteiger partial charge in [-0.3, -0.25) is 9.69 Å². The van der Waals surface area contributed by atoms with Gasteiger partial charge in [0.1, 0.15) is 0 Å². The fraction of sp³-hybridized carbons (Fsp3) is 0.591. The van der Waals surface area contributed by atoms with Crippen LogP contribution in [0.2, 0.25) is 0 Å². The molecule has 156 valence electrons. The van der Waals surface area contributed by atoms with Crippen LogP contribution in [0, 0.1) is 17.8 Å². The van der Waals surface area contributed by atoms with Crippen molar-refractivity contribution < 1.29 is 23.7 Å². The molecule has 5 rings (SSSR count). The van der Waals surface area contributed by atoms with Crippen molar-refractivity contribution in [2.45, 2.75) is 18.9 Å². The van der Waals surface area contributed by atoms with Crippen molar-refractivity contribution in [2.75, 3.05) is 47.6 Å². The molecular weight excluding hydrogens is 372 g/mol. The first-order valence-electron chi connectivity index (χ1n) is 10.3. The number of rotatable bonds is 3. The van der Waals surface area contributed by atoms with Crippen molar-refractivity contribution >= 4 is 16.9 Å². The number of methoxy groups -OCH3 is 3. The van der Waals surface area contributed by atoms with Crippen molar-refractivity contribution in [1.29, 1.82) is 0 Å². The van der Waals surface area contributed by atoms with E-state index in [4.69, 9.17) is 18.9 Å². The molecule has 2 saturated heterocycles. The Morgan fingerprint density at radius 1 is 1.17 bits per heavy atom. The van der Waals surface area contributed by atoms with E-state index in [1.54, 1.807) is 14.2 Å². The molecule has 0 aliphatic carbocycles. The first-order chi connectivity index (χ1) is 14.1. The average Bonchev–Trinajstić information content (AvgIpc) is 3.13. The number of piperidine rings is 1. The standard InChI is InChI=1S/C22H28N2O5/c1-26-19-7-15-13-4-5-24-9-12-10-29-11-16(22(25)28-3)14(12)6-18(24)21(13)23-17(15)8-20(19)27-2/h7-8,12,14,16,18,23H,4-6,9-11H2,1-3H3. The van der Waals surface area contributed by atoms with Crippen LogP contribution in [-0.2, 0) is 20.7 Å². The SMILES string of the molecule is COC(=O)C1COCC2CN3CCc4c([nH]c5cc(OC)c(OC)cc45)C3CC21. The van der Waals surface area contributed by atoms with E-state index in [0.29, 0.717) is 18.4 Å². The van der Waals surface area contributed by atoms with E-state index in [-0.39, 0.29) is 17.9 Å². The summed E-state index contributed by atoms with van der Waals surface area (Å²) in [6.45, 7) is 3.18. The lowest BCUT2D eigenvalue weighted by atomic mass is 9.71. The van der Waals surface area contributed by atoms with E-state index in [9.17, 15) is 4.79 Å². The minimum atomic E-state index is -0.171. The van der Waals surface area contributed by atoms with Crippen LogP contribution in [0.25, 0.3) is 10.9 Å². The van der Waals surface area contributed by atoms with Gasteiger partial charge in [0.25, 0.3) is 0 Å². The summed E-state index contributed by atoms with van der Waals surface area (Å²) in [6.07, 6.45) is 1.95. The Morgan fingerprint density at radius 3 is 2.72 bits per heavy atom. The van der Waals surface area contributed by atoms with Crippen LogP contribution in [-0.4, -0.2) is 63.5 Å². The van der Waals surface area contributed by atoms with Crippen LogP contribution in [0.15, 0.2) is 12.1 Å². The third-order valence-corrected chi connectivity index (χ3v) is 7.09. The molecule has 3 aliphatic heterocycles. The Kier molecular flexibility index (Phi) is 4.67. The summed E-state index contributed by atoms with van der Waals surface area (Å²) >= 11 is 0. The summed E-state index contributed by atoms with van der Waals surface area (Å²) in [5, 5.41) is 1.20. The van der Waals surface area contributed by atoms with Gasteiger partial charge in [-0.05, 0) is 36.3 Å². The van der Waals surface area contributed by atoms with E-state index >= 15 is 0 Å². The first-order valence-corrected chi connectivity index (χ1v) is 10.3. The molecule has 29 heavy (non-hydrogen) atoms. The maximum atomic E-state index is 12.4. The van der Waals surface area contributed by atoms with E-state index in [0.717, 1.165) is 49.6 Å².